The van der Waals surface area contributed by atoms with Gasteiger partial charge in [-0.1, -0.05) is 78.4 Å². The number of ether oxygens (including phenoxy) is 1. The lowest BCUT2D eigenvalue weighted by molar-refractivity contribution is -0.125. The third-order valence-electron chi connectivity index (χ3n) is 6.91. The maximum Gasteiger partial charge on any atom is 0.410 e. The van der Waals surface area contributed by atoms with Gasteiger partial charge in [-0.25, -0.2) is 4.79 Å². The molecule has 5 nitrogen and oxygen atoms in total. The average Bonchev–Trinajstić information content (AvgIpc) is 2.88. The van der Waals surface area contributed by atoms with Gasteiger partial charge in [-0.05, 0) is 53.9 Å². The van der Waals surface area contributed by atoms with Gasteiger partial charge in [0.15, 0.2) is 0 Å². The summed E-state index contributed by atoms with van der Waals surface area (Å²) in [6.07, 6.45) is 11.1. The highest BCUT2D eigenvalue weighted by Crippen LogP contribution is 2.45. The number of likely N-dealkylation sites (tertiary alicyclic amines) is 1. The second kappa shape index (κ2) is 11.4. The number of amides is 2. The van der Waals surface area contributed by atoms with E-state index in [1.165, 1.54) is 0 Å². The summed E-state index contributed by atoms with van der Waals surface area (Å²) in [6.45, 7) is 1.92. The fourth-order valence-corrected chi connectivity index (χ4v) is 4.97. The monoisotopic (exact) mass is 478 g/mol. The third kappa shape index (κ3) is 6.29. The molecule has 1 N–H and O–H groups in total. The summed E-state index contributed by atoms with van der Waals surface area (Å²) in [5, 5.41) is 3.75. The number of benzene rings is 2. The van der Waals surface area contributed by atoms with Crippen molar-refractivity contribution in [3.63, 3.8) is 0 Å². The Kier molecular flexibility index (Phi) is 8.07. The number of rotatable bonds is 7. The van der Waals surface area contributed by atoms with Crippen LogP contribution in [-0.4, -0.2) is 30.0 Å². The van der Waals surface area contributed by atoms with Crippen molar-refractivity contribution in [3.05, 3.63) is 95.1 Å². The lowest BCUT2D eigenvalue weighted by Crippen LogP contribution is -2.48. The first-order valence-electron chi connectivity index (χ1n) is 11.8. The molecule has 178 valence electrons. The first-order valence-corrected chi connectivity index (χ1v) is 12.2. The molecular formula is C28H31ClN2O3. The van der Waals surface area contributed by atoms with E-state index in [2.05, 4.69) is 29.6 Å². The first-order chi connectivity index (χ1) is 16.5. The van der Waals surface area contributed by atoms with Crippen LogP contribution in [0.15, 0.2) is 78.9 Å². The zero-order valence-electron chi connectivity index (χ0n) is 19.3. The number of piperidine rings is 1. The number of halogens is 1. The van der Waals surface area contributed by atoms with E-state index in [-0.39, 0.29) is 29.9 Å². The second-order valence-electron chi connectivity index (χ2n) is 9.12. The van der Waals surface area contributed by atoms with Gasteiger partial charge in [-0.3, -0.25) is 4.79 Å². The van der Waals surface area contributed by atoms with Crippen molar-refractivity contribution in [2.24, 2.45) is 11.3 Å². The van der Waals surface area contributed by atoms with E-state index in [1.807, 2.05) is 54.6 Å². The van der Waals surface area contributed by atoms with Crippen LogP contribution in [0.3, 0.4) is 0 Å². The van der Waals surface area contributed by atoms with Crippen molar-refractivity contribution in [1.82, 2.24) is 10.2 Å². The van der Waals surface area contributed by atoms with Gasteiger partial charge in [0.25, 0.3) is 0 Å². The van der Waals surface area contributed by atoms with Crippen LogP contribution >= 0.6 is 11.6 Å². The molecule has 1 saturated heterocycles. The molecule has 2 aromatic rings. The van der Waals surface area contributed by atoms with E-state index in [0.717, 1.165) is 30.4 Å². The fraction of sp³-hybridized carbons (Fsp3) is 0.357. The summed E-state index contributed by atoms with van der Waals surface area (Å²) in [5.41, 5.74) is 1.81. The lowest BCUT2D eigenvalue weighted by Gasteiger charge is -2.45. The Morgan fingerprint density at radius 3 is 2.41 bits per heavy atom. The van der Waals surface area contributed by atoms with Gasteiger partial charge in [0.05, 0.1) is 0 Å². The highest BCUT2D eigenvalue weighted by molar-refractivity contribution is 6.30. The number of hydrogen-bond acceptors (Lipinski definition) is 3. The standard InChI is InChI=1S/C28H31ClN2O3/c29-25-13-11-22(12-14-25)20-30-26(32)19-28(24-9-5-2-6-10-24)15-17-31(18-16-28)27(33)34-21-23-7-3-1-4-8-23/h1-9,11-14,24H,10,15-21H2,(H,30,32). The molecule has 2 aromatic carbocycles. The van der Waals surface area contributed by atoms with Crippen LogP contribution < -0.4 is 5.32 Å². The van der Waals surface area contributed by atoms with Crippen LogP contribution in [0, 0.1) is 11.3 Å². The predicted molar refractivity (Wildman–Crippen MR) is 134 cm³/mol. The molecule has 0 spiro atoms. The Morgan fingerprint density at radius 1 is 1.00 bits per heavy atom. The molecule has 0 saturated carbocycles. The normalized spacial score (nSPS) is 19.0. The van der Waals surface area contributed by atoms with Crippen LogP contribution in [-0.2, 0) is 22.7 Å². The molecule has 34 heavy (non-hydrogen) atoms. The average molecular weight is 479 g/mol. The lowest BCUT2D eigenvalue weighted by atomic mass is 9.64. The molecule has 1 atom stereocenters. The Labute approximate surface area is 206 Å². The first kappa shape index (κ1) is 24.1. The summed E-state index contributed by atoms with van der Waals surface area (Å²) in [7, 11) is 0. The number of nitrogens with one attached hydrogen (secondary N) is 1. The van der Waals surface area contributed by atoms with Crippen LogP contribution in [0.5, 0.6) is 0 Å². The fourth-order valence-electron chi connectivity index (χ4n) is 4.84. The maximum atomic E-state index is 13.0. The molecule has 0 bridgehead atoms. The minimum atomic E-state index is -0.288. The number of carbonyl (C=O) groups excluding carboxylic acids is 2. The molecule has 0 radical (unpaired) electrons. The molecule has 2 aliphatic rings. The molecule has 0 aromatic heterocycles. The molecule has 4 rings (SSSR count). The van der Waals surface area contributed by atoms with E-state index >= 15 is 0 Å². The van der Waals surface area contributed by atoms with Crippen molar-refractivity contribution in [2.45, 2.75) is 38.8 Å². The van der Waals surface area contributed by atoms with Crippen molar-refractivity contribution < 1.29 is 14.3 Å². The van der Waals surface area contributed by atoms with Gasteiger partial charge in [0, 0.05) is 31.1 Å². The van der Waals surface area contributed by atoms with E-state index < -0.39 is 0 Å². The summed E-state index contributed by atoms with van der Waals surface area (Å²) in [4.78, 5) is 27.4. The van der Waals surface area contributed by atoms with Gasteiger partial charge in [0.2, 0.25) is 5.91 Å². The number of hydrogen-bond donors (Lipinski definition) is 1. The number of allylic oxidation sites excluding steroid dienone is 4. The van der Waals surface area contributed by atoms with E-state index in [4.69, 9.17) is 16.3 Å². The van der Waals surface area contributed by atoms with Crippen LogP contribution in [0.25, 0.3) is 0 Å². The van der Waals surface area contributed by atoms with E-state index in [0.29, 0.717) is 31.1 Å². The van der Waals surface area contributed by atoms with Crippen molar-refractivity contribution in [2.75, 3.05) is 13.1 Å². The Bertz CT molecular complexity index is 1030. The van der Waals surface area contributed by atoms with E-state index in [9.17, 15) is 9.59 Å². The number of carbonyl (C=O) groups is 2. The summed E-state index contributed by atoms with van der Waals surface area (Å²) < 4.78 is 5.53. The quantitative estimate of drug-likeness (QED) is 0.539. The van der Waals surface area contributed by atoms with E-state index in [1.54, 1.807) is 4.90 Å². The zero-order valence-corrected chi connectivity index (χ0v) is 20.0. The Morgan fingerprint density at radius 2 is 1.74 bits per heavy atom. The van der Waals surface area contributed by atoms with Crippen molar-refractivity contribution in [1.29, 1.82) is 0 Å². The predicted octanol–water partition coefficient (Wildman–Crippen LogP) is 5.90. The second-order valence-corrected chi connectivity index (χ2v) is 9.56. The summed E-state index contributed by atoms with van der Waals surface area (Å²) >= 11 is 5.96. The SMILES string of the molecule is O=C(CC1(C2C=CC=CC2)CCN(C(=O)OCc2ccccc2)CC1)NCc1ccc(Cl)cc1. The molecule has 1 aliphatic carbocycles. The van der Waals surface area contributed by atoms with Gasteiger partial charge < -0.3 is 15.0 Å². The topological polar surface area (TPSA) is 58.6 Å². The highest BCUT2D eigenvalue weighted by atomic mass is 35.5. The highest BCUT2D eigenvalue weighted by Gasteiger charge is 2.42. The zero-order chi connectivity index (χ0) is 23.8. The third-order valence-corrected chi connectivity index (χ3v) is 7.16. The number of nitrogens with zero attached hydrogens (tertiary/aromatic N) is 1. The molecule has 1 fully saturated rings. The Balaban J connectivity index is 1.35. The summed E-state index contributed by atoms with van der Waals surface area (Å²) in [5.74, 6) is 0.319. The molecule has 2 amide bonds. The van der Waals surface area contributed by atoms with Gasteiger partial charge >= 0.3 is 6.09 Å². The van der Waals surface area contributed by atoms with Gasteiger partial charge in [0.1, 0.15) is 6.61 Å². The van der Waals surface area contributed by atoms with Crippen LogP contribution in [0.2, 0.25) is 5.02 Å². The van der Waals surface area contributed by atoms with Crippen LogP contribution in [0.1, 0.15) is 36.8 Å². The molecule has 1 heterocycles. The summed E-state index contributed by atoms with van der Waals surface area (Å²) in [6, 6.07) is 17.2. The Hall–Kier alpha value is -3.05. The van der Waals surface area contributed by atoms with Crippen molar-refractivity contribution >= 4 is 23.6 Å². The van der Waals surface area contributed by atoms with Gasteiger partial charge in [-0.2, -0.15) is 0 Å². The minimum absolute atomic E-state index is 0.0398. The minimum Gasteiger partial charge on any atom is -0.445 e. The molecular weight excluding hydrogens is 448 g/mol. The van der Waals surface area contributed by atoms with Crippen molar-refractivity contribution in [3.8, 4) is 0 Å². The largest absolute Gasteiger partial charge is 0.445 e. The maximum absolute atomic E-state index is 13.0. The van der Waals surface area contributed by atoms with Crippen LogP contribution in [0.4, 0.5) is 4.79 Å². The molecule has 1 unspecified atom stereocenters. The van der Waals surface area contributed by atoms with Gasteiger partial charge in [-0.15, -0.1) is 0 Å². The smallest absolute Gasteiger partial charge is 0.410 e. The molecule has 1 aliphatic heterocycles. The molecule has 6 heteroatoms.